The number of amides is 1. The molecule has 1 aromatic heterocycles. The highest BCUT2D eigenvalue weighted by atomic mass is 32.1. The quantitative estimate of drug-likeness (QED) is 0.838. The van der Waals surface area contributed by atoms with Crippen LogP contribution in [0.5, 0.6) is 0 Å². The number of nitrogens with zero attached hydrogens (tertiary/aromatic N) is 1. The van der Waals surface area contributed by atoms with E-state index >= 15 is 0 Å². The molecule has 1 heterocycles. The van der Waals surface area contributed by atoms with Crippen LogP contribution in [0.25, 0.3) is 0 Å². The SMILES string of the molecule is CCC(=O)Nc1nc(C(F)(F)F)cs1. The van der Waals surface area contributed by atoms with E-state index in [1.54, 1.807) is 6.92 Å². The van der Waals surface area contributed by atoms with Crippen molar-refractivity contribution >= 4 is 22.4 Å². The summed E-state index contributed by atoms with van der Waals surface area (Å²) >= 11 is 0.757. The Hall–Kier alpha value is -1.11. The average Bonchev–Trinajstić information content (AvgIpc) is 2.51. The summed E-state index contributed by atoms with van der Waals surface area (Å²) in [5.41, 5.74) is -0.978. The molecule has 0 aliphatic carbocycles. The number of alkyl halides is 3. The molecule has 78 valence electrons. The van der Waals surface area contributed by atoms with E-state index in [0.717, 1.165) is 16.7 Å². The minimum absolute atomic E-state index is 0.0239. The standard InChI is InChI=1S/C7H7F3N2OS/c1-2-5(13)12-6-11-4(3-14-6)7(8,9)10/h3H,2H2,1H3,(H,11,12,13). The largest absolute Gasteiger partial charge is 0.434 e. The van der Waals surface area contributed by atoms with Gasteiger partial charge in [-0.05, 0) is 0 Å². The molecule has 14 heavy (non-hydrogen) atoms. The first kappa shape index (κ1) is 11.0. The molecule has 7 heteroatoms. The summed E-state index contributed by atoms with van der Waals surface area (Å²) in [4.78, 5) is 14.0. The maximum absolute atomic E-state index is 12.1. The second-order valence-electron chi connectivity index (χ2n) is 2.44. The first-order valence-electron chi connectivity index (χ1n) is 3.76. The Labute approximate surface area is 82.0 Å². The van der Waals surface area contributed by atoms with Crippen LogP contribution in [-0.2, 0) is 11.0 Å². The zero-order chi connectivity index (χ0) is 10.8. The second-order valence-corrected chi connectivity index (χ2v) is 3.30. The van der Waals surface area contributed by atoms with Gasteiger partial charge in [-0.25, -0.2) is 4.98 Å². The number of carbonyl (C=O) groups is 1. The summed E-state index contributed by atoms with van der Waals surface area (Å²) in [6, 6.07) is 0. The molecule has 1 aromatic rings. The van der Waals surface area contributed by atoms with Gasteiger partial charge in [0.25, 0.3) is 0 Å². The van der Waals surface area contributed by atoms with E-state index in [9.17, 15) is 18.0 Å². The van der Waals surface area contributed by atoms with Gasteiger partial charge in [-0.1, -0.05) is 6.92 Å². The van der Waals surface area contributed by atoms with Crippen molar-refractivity contribution in [2.45, 2.75) is 19.5 Å². The van der Waals surface area contributed by atoms with Gasteiger partial charge >= 0.3 is 6.18 Å². The number of aromatic nitrogens is 1. The molecule has 0 atom stereocenters. The number of hydrogen-bond acceptors (Lipinski definition) is 3. The minimum atomic E-state index is -4.45. The summed E-state index contributed by atoms with van der Waals surface area (Å²) in [5.74, 6) is -0.354. The van der Waals surface area contributed by atoms with Crippen molar-refractivity contribution in [3.8, 4) is 0 Å². The molecule has 3 nitrogen and oxygen atoms in total. The highest BCUT2D eigenvalue weighted by molar-refractivity contribution is 7.13. The van der Waals surface area contributed by atoms with E-state index in [1.807, 2.05) is 0 Å². The molecule has 0 aliphatic rings. The number of nitrogens with one attached hydrogen (secondary N) is 1. The predicted octanol–water partition coefficient (Wildman–Crippen LogP) is 2.51. The van der Waals surface area contributed by atoms with Crippen LogP contribution in [0.2, 0.25) is 0 Å². The summed E-state index contributed by atoms with van der Waals surface area (Å²) in [6.45, 7) is 1.60. The minimum Gasteiger partial charge on any atom is -0.302 e. The van der Waals surface area contributed by atoms with E-state index in [4.69, 9.17) is 0 Å². The van der Waals surface area contributed by atoms with Crippen molar-refractivity contribution in [3.63, 3.8) is 0 Å². The van der Waals surface area contributed by atoms with Gasteiger partial charge < -0.3 is 5.32 Å². The van der Waals surface area contributed by atoms with Crippen LogP contribution < -0.4 is 5.32 Å². The fourth-order valence-electron chi connectivity index (χ4n) is 0.669. The van der Waals surface area contributed by atoms with Gasteiger partial charge in [0.15, 0.2) is 10.8 Å². The number of anilines is 1. The van der Waals surface area contributed by atoms with Gasteiger partial charge in [0.1, 0.15) is 0 Å². The lowest BCUT2D eigenvalue weighted by Crippen LogP contribution is -2.10. The molecule has 0 aliphatic heterocycles. The topological polar surface area (TPSA) is 42.0 Å². The normalized spacial score (nSPS) is 11.4. The van der Waals surface area contributed by atoms with Gasteiger partial charge in [-0.2, -0.15) is 13.2 Å². The summed E-state index contributed by atoms with van der Waals surface area (Å²) < 4.78 is 36.2. The van der Waals surface area contributed by atoms with Crippen LogP contribution in [-0.4, -0.2) is 10.9 Å². The molecule has 1 rings (SSSR count). The lowest BCUT2D eigenvalue weighted by Gasteiger charge is -2.00. The second kappa shape index (κ2) is 3.95. The summed E-state index contributed by atoms with van der Waals surface area (Å²) in [6.07, 6.45) is -4.24. The van der Waals surface area contributed by atoms with E-state index < -0.39 is 11.9 Å². The molecule has 1 amide bonds. The van der Waals surface area contributed by atoms with Gasteiger partial charge in [0.05, 0.1) is 0 Å². The lowest BCUT2D eigenvalue weighted by molar-refractivity contribution is -0.140. The Balaban J connectivity index is 2.74. The molecule has 0 radical (unpaired) electrons. The zero-order valence-electron chi connectivity index (χ0n) is 7.18. The van der Waals surface area contributed by atoms with Crippen LogP contribution >= 0.6 is 11.3 Å². The summed E-state index contributed by atoms with van der Waals surface area (Å²) in [5, 5.41) is 3.09. The summed E-state index contributed by atoms with van der Waals surface area (Å²) in [7, 11) is 0. The zero-order valence-corrected chi connectivity index (χ0v) is 8.00. The third-order valence-electron chi connectivity index (χ3n) is 1.36. The van der Waals surface area contributed by atoms with Crippen molar-refractivity contribution in [3.05, 3.63) is 11.1 Å². The average molecular weight is 224 g/mol. The molecule has 0 aromatic carbocycles. The third-order valence-corrected chi connectivity index (χ3v) is 2.12. The molecular formula is C7H7F3N2OS. The first-order chi connectivity index (χ1) is 6.43. The van der Waals surface area contributed by atoms with Crippen LogP contribution in [0.4, 0.5) is 18.3 Å². The fraction of sp³-hybridized carbons (Fsp3) is 0.429. The molecule has 0 fully saturated rings. The van der Waals surface area contributed by atoms with Crippen molar-refractivity contribution < 1.29 is 18.0 Å². The fourth-order valence-corrected chi connectivity index (χ4v) is 1.40. The van der Waals surface area contributed by atoms with E-state index in [1.165, 1.54) is 0 Å². The number of carbonyl (C=O) groups excluding carboxylic acids is 1. The van der Waals surface area contributed by atoms with Crippen molar-refractivity contribution in [2.24, 2.45) is 0 Å². The van der Waals surface area contributed by atoms with Gasteiger partial charge in [-0.15, -0.1) is 11.3 Å². The molecule has 1 N–H and O–H groups in total. The van der Waals surface area contributed by atoms with Crippen LogP contribution in [0, 0.1) is 0 Å². The first-order valence-corrected chi connectivity index (χ1v) is 4.64. The number of hydrogen-bond donors (Lipinski definition) is 1. The maximum Gasteiger partial charge on any atom is 0.434 e. The van der Waals surface area contributed by atoms with E-state index in [-0.39, 0.29) is 17.5 Å². The molecule has 0 saturated carbocycles. The Morgan fingerprint density at radius 2 is 2.29 bits per heavy atom. The van der Waals surface area contributed by atoms with Gasteiger partial charge in [0, 0.05) is 11.8 Å². The molecule has 0 bridgehead atoms. The monoisotopic (exact) mass is 224 g/mol. The predicted molar refractivity (Wildman–Crippen MR) is 46.0 cm³/mol. The van der Waals surface area contributed by atoms with Crippen LogP contribution in [0.1, 0.15) is 19.0 Å². The number of thiazole rings is 1. The molecule has 0 unspecified atom stereocenters. The van der Waals surface area contributed by atoms with Crippen molar-refractivity contribution in [1.82, 2.24) is 4.98 Å². The van der Waals surface area contributed by atoms with Crippen molar-refractivity contribution in [2.75, 3.05) is 5.32 Å². The Morgan fingerprint density at radius 3 is 2.71 bits per heavy atom. The van der Waals surface area contributed by atoms with Gasteiger partial charge in [-0.3, -0.25) is 4.79 Å². The van der Waals surface area contributed by atoms with E-state index in [2.05, 4.69) is 10.3 Å². The Bertz CT molecular complexity index is 334. The highest BCUT2D eigenvalue weighted by Gasteiger charge is 2.33. The molecule has 0 spiro atoms. The highest BCUT2D eigenvalue weighted by Crippen LogP contribution is 2.31. The number of halogens is 3. The van der Waals surface area contributed by atoms with Crippen LogP contribution in [0.3, 0.4) is 0 Å². The maximum atomic E-state index is 12.1. The number of rotatable bonds is 2. The third kappa shape index (κ3) is 2.69. The molecule has 0 saturated heterocycles. The van der Waals surface area contributed by atoms with E-state index in [0.29, 0.717) is 0 Å². The molecular weight excluding hydrogens is 217 g/mol. The Kier molecular flexibility index (Phi) is 3.10. The van der Waals surface area contributed by atoms with Crippen LogP contribution in [0.15, 0.2) is 5.38 Å². The smallest absolute Gasteiger partial charge is 0.302 e. The Morgan fingerprint density at radius 1 is 1.64 bits per heavy atom. The lowest BCUT2D eigenvalue weighted by atomic mass is 10.5. The van der Waals surface area contributed by atoms with Crippen molar-refractivity contribution in [1.29, 1.82) is 0 Å². The van der Waals surface area contributed by atoms with Gasteiger partial charge in [0.2, 0.25) is 5.91 Å².